The molecule has 3 aliphatic carbocycles. The van der Waals surface area contributed by atoms with Gasteiger partial charge in [-0.2, -0.15) is 8.78 Å². The molecule has 170 valence electrons. The van der Waals surface area contributed by atoms with Crippen LogP contribution in [-0.4, -0.2) is 9.97 Å². The molecule has 0 saturated heterocycles. The number of hydrogen-bond donors (Lipinski definition) is 1. The van der Waals surface area contributed by atoms with Crippen LogP contribution >= 0.6 is 0 Å². The number of halogens is 2. The van der Waals surface area contributed by atoms with Crippen LogP contribution in [0.2, 0.25) is 0 Å². The van der Waals surface area contributed by atoms with E-state index < -0.39 is 5.92 Å². The van der Waals surface area contributed by atoms with Crippen LogP contribution in [-0.2, 0) is 12.3 Å². The Bertz CT molecular complexity index is 1400. The first kappa shape index (κ1) is 20.1. The third-order valence-corrected chi connectivity index (χ3v) is 8.27. The third kappa shape index (κ3) is 3.15. The Labute approximate surface area is 198 Å². The number of aromatic amines is 1. The highest BCUT2D eigenvalue weighted by Crippen LogP contribution is 2.61. The summed E-state index contributed by atoms with van der Waals surface area (Å²) in [7, 11) is 0. The number of nitrogens with one attached hydrogen (secondary N) is 1. The van der Waals surface area contributed by atoms with Gasteiger partial charge in [-0.25, -0.2) is 4.98 Å². The summed E-state index contributed by atoms with van der Waals surface area (Å²) in [5, 5.41) is 0. The average molecular weight is 453 g/mol. The van der Waals surface area contributed by atoms with Crippen LogP contribution in [0.5, 0.6) is 0 Å². The van der Waals surface area contributed by atoms with Gasteiger partial charge in [0.25, 0.3) is 5.92 Å². The fraction of sp³-hybridized carbons (Fsp3) is 0.300. The van der Waals surface area contributed by atoms with Crippen molar-refractivity contribution in [2.75, 3.05) is 0 Å². The first-order valence-corrected chi connectivity index (χ1v) is 12.3. The van der Waals surface area contributed by atoms with Gasteiger partial charge in [-0.1, -0.05) is 54.6 Å². The van der Waals surface area contributed by atoms with Gasteiger partial charge in [0.15, 0.2) is 0 Å². The number of rotatable bonds is 4. The van der Waals surface area contributed by atoms with E-state index in [1.165, 1.54) is 32.1 Å². The maximum Gasteiger partial charge on any atom is 0.299 e. The van der Waals surface area contributed by atoms with E-state index in [1.54, 1.807) is 12.1 Å². The molecule has 2 fully saturated rings. The fourth-order valence-corrected chi connectivity index (χ4v) is 6.14. The lowest BCUT2D eigenvalue weighted by Gasteiger charge is -2.14. The minimum atomic E-state index is -3.01. The van der Waals surface area contributed by atoms with Crippen LogP contribution in [0.1, 0.15) is 66.1 Å². The van der Waals surface area contributed by atoms with E-state index in [-0.39, 0.29) is 11.1 Å². The number of nitrogens with zero attached hydrogens (tertiary/aromatic N) is 1. The van der Waals surface area contributed by atoms with E-state index in [2.05, 4.69) is 9.97 Å². The Hall–Kier alpha value is -3.27. The summed E-state index contributed by atoms with van der Waals surface area (Å²) in [6.45, 7) is 0. The minimum Gasteiger partial charge on any atom is -0.342 e. The fourth-order valence-electron chi connectivity index (χ4n) is 6.14. The second-order valence-electron chi connectivity index (χ2n) is 10.5. The molecule has 3 aromatic carbocycles. The molecule has 1 unspecified atom stereocenters. The van der Waals surface area contributed by atoms with Crippen molar-refractivity contribution in [3.63, 3.8) is 0 Å². The Morgan fingerprint density at radius 2 is 1.62 bits per heavy atom. The van der Waals surface area contributed by atoms with Gasteiger partial charge < -0.3 is 4.98 Å². The SMILES string of the molecule is FC1(F)c2cc(Cc3ccccc3)ccc2-c2ccc(-c3cnc(C4CCC5(CC5)C4)[nH]3)cc21. The number of fused-ring (bicyclic) bond motifs is 3. The highest BCUT2D eigenvalue weighted by molar-refractivity contribution is 5.82. The molecule has 4 aromatic rings. The summed E-state index contributed by atoms with van der Waals surface area (Å²) in [4.78, 5) is 8.10. The van der Waals surface area contributed by atoms with Gasteiger partial charge in [-0.15, -0.1) is 0 Å². The molecule has 1 N–H and O–H groups in total. The van der Waals surface area contributed by atoms with Gasteiger partial charge in [0.1, 0.15) is 5.82 Å². The average Bonchev–Trinajstić information content (AvgIpc) is 3.17. The number of imidazole rings is 1. The zero-order valence-corrected chi connectivity index (χ0v) is 19.0. The number of aromatic nitrogens is 2. The highest BCUT2D eigenvalue weighted by Gasteiger charge is 2.49. The third-order valence-electron chi connectivity index (χ3n) is 8.27. The van der Waals surface area contributed by atoms with Crippen molar-refractivity contribution in [2.24, 2.45) is 5.41 Å². The molecule has 1 spiro atoms. The van der Waals surface area contributed by atoms with E-state index >= 15 is 8.78 Å². The molecule has 0 amide bonds. The van der Waals surface area contributed by atoms with Crippen LogP contribution in [0.3, 0.4) is 0 Å². The van der Waals surface area contributed by atoms with Crippen molar-refractivity contribution in [3.8, 4) is 22.4 Å². The Kier molecular flexibility index (Phi) is 4.21. The molecule has 34 heavy (non-hydrogen) atoms. The first-order valence-electron chi connectivity index (χ1n) is 12.3. The lowest BCUT2D eigenvalue weighted by Crippen LogP contribution is -2.11. The van der Waals surface area contributed by atoms with Crippen molar-refractivity contribution in [2.45, 2.75) is 50.4 Å². The van der Waals surface area contributed by atoms with E-state index in [0.717, 1.165) is 28.2 Å². The normalized spacial score (nSPS) is 20.9. The van der Waals surface area contributed by atoms with E-state index in [0.29, 0.717) is 28.9 Å². The minimum absolute atomic E-state index is 0.0887. The molecule has 0 radical (unpaired) electrons. The Morgan fingerprint density at radius 3 is 2.38 bits per heavy atom. The molecule has 7 rings (SSSR count). The van der Waals surface area contributed by atoms with Crippen LogP contribution in [0.4, 0.5) is 8.78 Å². The Balaban J connectivity index is 1.20. The zero-order chi connectivity index (χ0) is 22.9. The monoisotopic (exact) mass is 452 g/mol. The smallest absolute Gasteiger partial charge is 0.299 e. The largest absolute Gasteiger partial charge is 0.342 e. The molecule has 1 atom stereocenters. The quantitative estimate of drug-likeness (QED) is 0.336. The number of H-pyrrole nitrogens is 1. The summed E-state index contributed by atoms with van der Waals surface area (Å²) in [6.07, 6.45) is 8.84. The van der Waals surface area contributed by atoms with E-state index in [1.807, 2.05) is 60.8 Å². The molecule has 1 aromatic heterocycles. The first-order chi connectivity index (χ1) is 16.5. The molecule has 3 aliphatic rings. The predicted molar refractivity (Wildman–Crippen MR) is 130 cm³/mol. The number of alkyl halides is 2. The lowest BCUT2D eigenvalue weighted by atomic mass is 9.98. The standard InChI is InChI=1S/C30H26F2N2/c31-30(32)25-15-20(14-19-4-2-1-3-5-19)6-8-23(25)24-9-7-21(16-26(24)30)27-18-33-28(34-27)22-10-11-29(17-22)12-13-29/h1-9,15-16,18,22H,10-14,17H2,(H,33,34). The summed E-state index contributed by atoms with van der Waals surface area (Å²) in [5.74, 6) is -1.53. The van der Waals surface area contributed by atoms with Crippen molar-refractivity contribution in [1.82, 2.24) is 9.97 Å². The molecule has 4 heteroatoms. The maximum absolute atomic E-state index is 15.7. The maximum atomic E-state index is 15.7. The molecular weight excluding hydrogens is 426 g/mol. The van der Waals surface area contributed by atoms with Gasteiger partial charge >= 0.3 is 0 Å². The zero-order valence-electron chi connectivity index (χ0n) is 19.0. The summed E-state index contributed by atoms with van der Waals surface area (Å²) >= 11 is 0. The number of benzene rings is 3. The van der Waals surface area contributed by atoms with Gasteiger partial charge in [0.05, 0.1) is 11.9 Å². The van der Waals surface area contributed by atoms with Crippen molar-refractivity contribution in [1.29, 1.82) is 0 Å². The van der Waals surface area contributed by atoms with Crippen LogP contribution in [0.25, 0.3) is 22.4 Å². The number of hydrogen-bond acceptors (Lipinski definition) is 1. The summed E-state index contributed by atoms with van der Waals surface area (Å²) < 4.78 is 31.3. The second kappa shape index (κ2) is 7.11. The van der Waals surface area contributed by atoms with Gasteiger partial charge in [-0.05, 0) is 78.3 Å². The molecule has 2 saturated carbocycles. The molecule has 0 aliphatic heterocycles. The van der Waals surface area contributed by atoms with E-state index in [4.69, 9.17) is 0 Å². The van der Waals surface area contributed by atoms with Crippen molar-refractivity contribution >= 4 is 0 Å². The molecular formula is C30H26F2N2. The van der Waals surface area contributed by atoms with Gasteiger partial charge in [0, 0.05) is 22.6 Å². The second-order valence-corrected chi connectivity index (χ2v) is 10.5. The summed E-state index contributed by atoms with van der Waals surface area (Å²) in [5.41, 5.74) is 5.66. The summed E-state index contributed by atoms with van der Waals surface area (Å²) in [6, 6.07) is 20.9. The van der Waals surface area contributed by atoms with Crippen molar-refractivity contribution < 1.29 is 8.78 Å². The van der Waals surface area contributed by atoms with Crippen LogP contribution < -0.4 is 0 Å². The predicted octanol–water partition coefficient (Wildman–Crippen LogP) is 7.84. The van der Waals surface area contributed by atoms with Crippen LogP contribution in [0.15, 0.2) is 72.9 Å². The van der Waals surface area contributed by atoms with Gasteiger partial charge in [-0.3, -0.25) is 0 Å². The highest BCUT2D eigenvalue weighted by atomic mass is 19.3. The van der Waals surface area contributed by atoms with Gasteiger partial charge in [0.2, 0.25) is 0 Å². The molecule has 0 bridgehead atoms. The molecule has 2 nitrogen and oxygen atoms in total. The Morgan fingerprint density at radius 1 is 0.853 bits per heavy atom. The molecule has 1 heterocycles. The topological polar surface area (TPSA) is 28.7 Å². The van der Waals surface area contributed by atoms with E-state index in [9.17, 15) is 0 Å². The van der Waals surface area contributed by atoms with Crippen LogP contribution in [0, 0.1) is 5.41 Å². The lowest BCUT2D eigenvalue weighted by molar-refractivity contribution is 0.0480. The van der Waals surface area contributed by atoms with Crippen molar-refractivity contribution in [3.05, 3.63) is 101 Å².